The minimum atomic E-state index is -0.403. The molecule has 4 unspecified atom stereocenters. The van der Waals surface area contributed by atoms with Gasteiger partial charge in [-0.2, -0.15) is 0 Å². The van der Waals surface area contributed by atoms with E-state index in [-0.39, 0.29) is 11.8 Å². The van der Waals surface area contributed by atoms with E-state index in [1.54, 1.807) is 11.3 Å². The summed E-state index contributed by atoms with van der Waals surface area (Å²) in [4.78, 5) is 25.9. The van der Waals surface area contributed by atoms with Crippen molar-refractivity contribution in [2.75, 3.05) is 5.32 Å². The Balaban J connectivity index is 1.59. The highest BCUT2D eigenvalue weighted by Gasteiger charge is 2.43. The van der Waals surface area contributed by atoms with Crippen molar-refractivity contribution >= 4 is 28.2 Å². The van der Waals surface area contributed by atoms with Gasteiger partial charge in [0.05, 0.1) is 5.56 Å². The Kier molecular flexibility index (Phi) is 3.71. The Morgan fingerprint density at radius 1 is 1.22 bits per heavy atom. The van der Waals surface area contributed by atoms with Crippen molar-refractivity contribution in [3.63, 3.8) is 0 Å². The van der Waals surface area contributed by atoms with Gasteiger partial charge in [-0.1, -0.05) is 13.3 Å². The van der Waals surface area contributed by atoms with Crippen molar-refractivity contribution in [2.24, 2.45) is 29.4 Å². The van der Waals surface area contributed by atoms with E-state index in [2.05, 4.69) is 12.2 Å². The fourth-order valence-corrected chi connectivity index (χ4v) is 6.29. The van der Waals surface area contributed by atoms with Crippen molar-refractivity contribution in [3.8, 4) is 0 Å². The molecule has 4 nitrogen and oxygen atoms in total. The fraction of sp³-hybridized carbons (Fsp3) is 0.667. The quantitative estimate of drug-likeness (QED) is 0.891. The summed E-state index contributed by atoms with van der Waals surface area (Å²) in [6.45, 7) is 2.24. The normalized spacial score (nSPS) is 31.9. The number of hydrogen-bond acceptors (Lipinski definition) is 3. The highest BCUT2D eigenvalue weighted by Crippen LogP contribution is 2.49. The van der Waals surface area contributed by atoms with E-state index in [0.717, 1.165) is 37.2 Å². The van der Waals surface area contributed by atoms with Gasteiger partial charge in [0.15, 0.2) is 0 Å². The molecule has 124 valence electrons. The van der Waals surface area contributed by atoms with Gasteiger partial charge in [0.2, 0.25) is 5.91 Å². The number of anilines is 1. The van der Waals surface area contributed by atoms with Gasteiger partial charge in [-0.15, -0.1) is 11.3 Å². The van der Waals surface area contributed by atoms with E-state index in [1.165, 1.54) is 24.1 Å². The molecule has 5 heteroatoms. The van der Waals surface area contributed by atoms with Crippen LogP contribution in [0.3, 0.4) is 0 Å². The van der Waals surface area contributed by atoms with Crippen LogP contribution in [0.4, 0.5) is 5.00 Å². The van der Waals surface area contributed by atoms with E-state index in [9.17, 15) is 9.59 Å². The molecule has 3 N–H and O–H groups in total. The van der Waals surface area contributed by atoms with Gasteiger partial charge in [-0.05, 0) is 61.8 Å². The standard InChI is InChI=1S/C18H24N2O2S/c1-9-2-5-12-14(6-9)23-18(15(12)16(19)21)20-17(22)13-8-10-3-4-11(13)7-10/h9-11,13H,2-8H2,1H3,(H2,19,21)(H,20,22). The minimum Gasteiger partial charge on any atom is -0.365 e. The lowest BCUT2D eigenvalue weighted by atomic mass is 9.87. The summed E-state index contributed by atoms with van der Waals surface area (Å²) in [5.41, 5.74) is 7.29. The molecule has 0 saturated heterocycles. The van der Waals surface area contributed by atoms with Crippen LogP contribution in [0.2, 0.25) is 0 Å². The SMILES string of the molecule is CC1CCc2c(sc(NC(=O)C3CC4CCC3C4)c2C(N)=O)C1. The van der Waals surface area contributed by atoms with Gasteiger partial charge in [-0.25, -0.2) is 0 Å². The number of amides is 2. The van der Waals surface area contributed by atoms with E-state index in [0.29, 0.717) is 22.4 Å². The van der Waals surface area contributed by atoms with Crippen LogP contribution in [0.1, 0.15) is 59.8 Å². The Morgan fingerprint density at radius 2 is 2.04 bits per heavy atom. The third-order valence-corrected chi connectivity index (χ3v) is 7.24. The van der Waals surface area contributed by atoms with E-state index in [4.69, 9.17) is 5.73 Å². The van der Waals surface area contributed by atoms with E-state index >= 15 is 0 Å². The van der Waals surface area contributed by atoms with Crippen LogP contribution < -0.4 is 11.1 Å². The second-order valence-electron chi connectivity index (χ2n) is 7.69. The van der Waals surface area contributed by atoms with Crippen LogP contribution in [0, 0.1) is 23.7 Å². The van der Waals surface area contributed by atoms with Crippen molar-refractivity contribution in [2.45, 2.75) is 51.9 Å². The van der Waals surface area contributed by atoms with Crippen LogP contribution in [0.25, 0.3) is 0 Å². The number of rotatable bonds is 3. The van der Waals surface area contributed by atoms with Crippen molar-refractivity contribution in [1.82, 2.24) is 0 Å². The molecule has 1 aromatic heterocycles. The van der Waals surface area contributed by atoms with Crippen LogP contribution >= 0.6 is 11.3 Å². The first kappa shape index (κ1) is 15.2. The molecular formula is C18H24N2O2S. The molecule has 3 aliphatic rings. The first-order valence-corrected chi connectivity index (χ1v) is 9.59. The second-order valence-corrected chi connectivity index (χ2v) is 8.80. The maximum absolute atomic E-state index is 12.7. The number of carbonyl (C=O) groups is 2. The average molecular weight is 332 g/mol. The predicted octanol–water partition coefficient (Wildman–Crippen LogP) is 3.35. The molecule has 2 saturated carbocycles. The van der Waals surface area contributed by atoms with Gasteiger partial charge in [0.25, 0.3) is 5.91 Å². The third kappa shape index (κ3) is 2.59. The van der Waals surface area contributed by atoms with Gasteiger partial charge >= 0.3 is 0 Å². The number of thiophene rings is 1. The molecule has 23 heavy (non-hydrogen) atoms. The van der Waals surface area contributed by atoms with Crippen LogP contribution in [0.5, 0.6) is 0 Å². The zero-order valence-corrected chi connectivity index (χ0v) is 14.4. The van der Waals surface area contributed by atoms with E-state index in [1.807, 2.05) is 0 Å². The molecule has 0 aromatic carbocycles. The van der Waals surface area contributed by atoms with Crippen LogP contribution in [-0.4, -0.2) is 11.8 Å². The summed E-state index contributed by atoms with van der Waals surface area (Å²) in [6, 6.07) is 0. The summed E-state index contributed by atoms with van der Waals surface area (Å²) in [5.74, 6) is 1.76. The molecule has 2 bridgehead atoms. The maximum atomic E-state index is 12.7. The maximum Gasteiger partial charge on any atom is 0.251 e. The number of carbonyl (C=O) groups excluding carboxylic acids is 2. The van der Waals surface area contributed by atoms with Gasteiger partial charge in [0.1, 0.15) is 5.00 Å². The number of nitrogens with two attached hydrogens (primary N) is 1. The second kappa shape index (κ2) is 5.62. The van der Waals surface area contributed by atoms with E-state index < -0.39 is 5.91 Å². The highest BCUT2D eigenvalue weighted by molar-refractivity contribution is 7.17. The molecule has 1 heterocycles. The largest absolute Gasteiger partial charge is 0.365 e. The number of hydrogen-bond donors (Lipinski definition) is 2. The molecule has 4 rings (SSSR count). The number of nitrogens with one attached hydrogen (secondary N) is 1. The Labute approximate surface area is 140 Å². The molecule has 1 aromatic rings. The highest BCUT2D eigenvalue weighted by atomic mass is 32.1. The summed E-state index contributed by atoms with van der Waals surface area (Å²) < 4.78 is 0. The zero-order valence-electron chi connectivity index (χ0n) is 13.6. The molecule has 3 aliphatic carbocycles. The molecule has 2 amide bonds. The van der Waals surface area contributed by atoms with Gasteiger partial charge < -0.3 is 11.1 Å². The number of primary amides is 1. The van der Waals surface area contributed by atoms with Crippen LogP contribution in [0.15, 0.2) is 0 Å². The molecule has 0 spiro atoms. The smallest absolute Gasteiger partial charge is 0.251 e. The fourth-order valence-electron chi connectivity index (χ4n) is 4.87. The summed E-state index contributed by atoms with van der Waals surface area (Å²) in [7, 11) is 0. The van der Waals surface area contributed by atoms with Gasteiger partial charge in [-0.3, -0.25) is 9.59 Å². The summed E-state index contributed by atoms with van der Waals surface area (Å²) in [5, 5.41) is 3.77. The summed E-state index contributed by atoms with van der Waals surface area (Å²) in [6.07, 6.45) is 7.67. The average Bonchev–Trinajstić information content (AvgIpc) is 3.18. The lowest BCUT2D eigenvalue weighted by Crippen LogP contribution is -2.28. The van der Waals surface area contributed by atoms with Crippen molar-refractivity contribution in [3.05, 3.63) is 16.0 Å². The molecule has 0 aliphatic heterocycles. The lowest BCUT2D eigenvalue weighted by Gasteiger charge is -2.20. The van der Waals surface area contributed by atoms with Gasteiger partial charge in [0, 0.05) is 10.8 Å². The lowest BCUT2D eigenvalue weighted by molar-refractivity contribution is -0.121. The first-order chi connectivity index (χ1) is 11.0. The Morgan fingerprint density at radius 3 is 2.70 bits per heavy atom. The zero-order chi connectivity index (χ0) is 16.1. The first-order valence-electron chi connectivity index (χ1n) is 8.78. The predicted molar refractivity (Wildman–Crippen MR) is 91.6 cm³/mol. The Bertz CT molecular complexity index is 666. The van der Waals surface area contributed by atoms with Crippen molar-refractivity contribution in [1.29, 1.82) is 0 Å². The minimum absolute atomic E-state index is 0.103. The molecule has 2 fully saturated rings. The third-order valence-electron chi connectivity index (χ3n) is 6.07. The monoisotopic (exact) mass is 332 g/mol. The molecule has 0 radical (unpaired) electrons. The van der Waals surface area contributed by atoms with Crippen molar-refractivity contribution < 1.29 is 9.59 Å². The Hall–Kier alpha value is -1.36. The molecular weight excluding hydrogens is 308 g/mol. The molecule has 4 atom stereocenters. The summed E-state index contributed by atoms with van der Waals surface area (Å²) >= 11 is 1.57. The number of fused-ring (bicyclic) bond motifs is 3. The van der Waals surface area contributed by atoms with Crippen LogP contribution in [-0.2, 0) is 17.6 Å². The topological polar surface area (TPSA) is 72.2 Å².